The molecule has 1 aromatic carbocycles. The summed E-state index contributed by atoms with van der Waals surface area (Å²) >= 11 is 0. The average Bonchev–Trinajstić information content (AvgIpc) is 2.99. The van der Waals surface area contributed by atoms with Gasteiger partial charge in [0.2, 0.25) is 0 Å². The molecule has 1 nitrogen and oxygen atoms in total. The lowest BCUT2D eigenvalue weighted by molar-refractivity contribution is 0.563. The Hall–Kier alpha value is -0.890. The van der Waals surface area contributed by atoms with E-state index < -0.39 is 0 Å². The van der Waals surface area contributed by atoms with Crippen molar-refractivity contribution < 1.29 is 4.39 Å². The van der Waals surface area contributed by atoms with E-state index in [1.807, 2.05) is 19.2 Å². The molecule has 1 N–H and O–H groups in total. The van der Waals surface area contributed by atoms with Crippen LogP contribution in [0.5, 0.6) is 0 Å². The van der Waals surface area contributed by atoms with Crippen LogP contribution in [0.2, 0.25) is 0 Å². The van der Waals surface area contributed by atoms with E-state index >= 15 is 0 Å². The Morgan fingerprint density at radius 2 is 2.00 bits per heavy atom. The molecule has 0 heterocycles. The Labute approximate surface area is 84.3 Å². The highest BCUT2D eigenvalue weighted by Gasteiger charge is 2.31. The normalized spacial score (nSPS) is 18.1. The highest BCUT2D eigenvalue weighted by atomic mass is 19.1. The molecule has 0 amide bonds. The van der Waals surface area contributed by atoms with Crippen molar-refractivity contribution in [2.75, 3.05) is 13.6 Å². The molecule has 0 spiro atoms. The molecule has 1 unspecified atom stereocenters. The van der Waals surface area contributed by atoms with Gasteiger partial charge in [-0.05, 0) is 49.4 Å². The van der Waals surface area contributed by atoms with E-state index in [1.165, 1.54) is 18.4 Å². The summed E-state index contributed by atoms with van der Waals surface area (Å²) in [6.07, 6.45) is 2.65. The molecule has 0 aliphatic heterocycles. The summed E-state index contributed by atoms with van der Waals surface area (Å²) in [6, 6.07) is 6.94. The van der Waals surface area contributed by atoms with Crippen LogP contribution in [0.1, 0.15) is 24.3 Å². The fourth-order valence-electron chi connectivity index (χ4n) is 1.99. The van der Waals surface area contributed by atoms with Gasteiger partial charge in [-0.25, -0.2) is 4.39 Å². The minimum Gasteiger partial charge on any atom is -0.319 e. The topological polar surface area (TPSA) is 12.0 Å². The Kier molecular flexibility index (Phi) is 2.82. The summed E-state index contributed by atoms with van der Waals surface area (Å²) in [6.45, 7) is 0.996. The van der Waals surface area contributed by atoms with Crippen LogP contribution in [0.4, 0.5) is 4.39 Å². The molecule has 1 aliphatic rings. The lowest BCUT2D eigenvalue weighted by Gasteiger charge is -2.15. The van der Waals surface area contributed by atoms with E-state index in [0.29, 0.717) is 5.92 Å². The summed E-state index contributed by atoms with van der Waals surface area (Å²) in [4.78, 5) is 0. The molecule has 1 atom stereocenters. The summed E-state index contributed by atoms with van der Waals surface area (Å²) in [5.74, 6) is 1.24. The van der Waals surface area contributed by atoms with Crippen molar-refractivity contribution in [2.45, 2.75) is 18.8 Å². The first-order chi connectivity index (χ1) is 6.81. The lowest BCUT2D eigenvalue weighted by Crippen LogP contribution is -2.18. The molecule has 0 bridgehead atoms. The van der Waals surface area contributed by atoms with Crippen molar-refractivity contribution >= 4 is 0 Å². The highest BCUT2D eigenvalue weighted by molar-refractivity contribution is 5.23. The van der Waals surface area contributed by atoms with Crippen LogP contribution < -0.4 is 5.32 Å². The maximum Gasteiger partial charge on any atom is 0.123 e. The van der Waals surface area contributed by atoms with E-state index in [2.05, 4.69) is 5.32 Å². The van der Waals surface area contributed by atoms with E-state index in [-0.39, 0.29) is 5.82 Å². The van der Waals surface area contributed by atoms with Crippen LogP contribution in [0.15, 0.2) is 24.3 Å². The van der Waals surface area contributed by atoms with Gasteiger partial charge in [0.25, 0.3) is 0 Å². The largest absolute Gasteiger partial charge is 0.319 e. The summed E-state index contributed by atoms with van der Waals surface area (Å²) in [5.41, 5.74) is 1.27. The van der Waals surface area contributed by atoms with Crippen LogP contribution in [0.25, 0.3) is 0 Å². The third-order valence-electron chi connectivity index (χ3n) is 2.91. The molecular formula is C12H16FN. The van der Waals surface area contributed by atoms with Crippen LogP contribution in [-0.2, 0) is 0 Å². The Bertz CT molecular complexity index is 290. The lowest BCUT2D eigenvalue weighted by atomic mass is 9.94. The third kappa shape index (κ3) is 2.13. The van der Waals surface area contributed by atoms with Gasteiger partial charge in [0.15, 0.2) is 0 Å². The maximum absolute atomic E-state index is 12.7. The second-order valence-corrected chi connectivity index (χ2v) is 4.05. The van der Waals surface area contributed by atoms with Gasteiger partial charge in [-0.3, -0.25) is 0 Å². The zero-order valence-corrected chi connectivity index (χ0v) is 8.46. The third-order valence-corrected chi connectivity index (χ3v) is 2.91. The van der Waals surface area contributed by atoms with Crippen molar-refractivity contribution in [2.24, 2.45) is 5.92 Å². The molecule has 2 rings (SSSR count). The SMILES string of the molecule is CNCC(c1ccc(F)cc1)C1CC1. The van der Waals surface area contributed by atoms with Crippen molar-refractivity contribution in [3.63, 3.8) is 0 Å². The molecule has 1 saturated carbocycles. The first-order valence-electron chi connectivity index (χ1n) is 5.21. The van der Waals surface area contributed by atoms with Crippen LogP contribution in [0, 0.1) is 11.7 Å². The fraction of sp³-hybridized carbons (Fsp3) is 0.500. The zero-order chi connectivity index (χ0) is 9.97. The predicted octanol–water partition coefficient (Wildman–Crippen LogP) is 2.54. The van der Waals surface area contributed by atoms with Crippen LogP contribution in [-0.4, -0.2) is 13.6 Å². The van der Waals surface area contributed by atoms with Crippen molar-refractivity contribution in [1.29, 1.82) is 0 Å². The average molecular weight is 193 g/mol. The number of hydrogen-bond donors (Lipinski definition) is 1. The predicted molar refractivity (Wildman–Crippen MR) is 55.8 cm³/mol. The minimum atomic E-state index is -0.146. The number of benzene rings is 1. The zero-order valence-electron chi connectivity index (χ0n) is 8.46. The number of nitrogens with one attached hydrogen (secondary N) is 1. The minimum absolute atomic E-state index is 0.146. The maximum atomic E-state index is 12.7. The first-order valence-corrected chi connectivity index (χ1v) is 5.21. The summed E-state index contributed by atoms with van der Waals surface area (Å²) < 4.78 is 12.7. The van der Waals surface area contributed by atoms with Gasteiger partial charge in [0.1, 0.15) is 5.82 Å². The monoisotopic (exact) mass is 193 g/mol. The molecule has 1 aromatic rings. The van der Waals surface area contributed by atoms with Gasteiger partial charge in [-0.2, -0.15) is 0 Å². The number of hydrogen-bond acceptors (Lipinski definition) is 1. The van der Waals surface area contributed by atoms with Gasteiger partial charge < -0.3 is 5.32 Å². The Balaban J connectivity index is 2.13. The highest BCUT2D eigenvalue weighted by Crippen LogP contribution is 2.42. The summed E-state index contributed by atoms with van der Waals surface area (Å²) in [7, 11) is 1.97. The van der Waals surface area contributed by atoms with Crippen molar-refractivity contribution in [3.8, 4) is 0 Å². The molecule has 0 radical (unpaired) electrons. The second-order valence-electron chi connectivity index (χ2n) is 4.05. The molecule has 0 saturated heterocycles. The van der Waals surface area contributed by atoms with E-state index in [9.17, 15) is 4.39 Å². The van der Waals surface area contributed by atoms with Gasteiger partial charge in [-0.15, -0.1) is 0 Å². The van der Waals surface area contributed by atoms with Gasteiger partial charge in [0.05, 0.1) is 0 Å². The van der Waals surface area contributed by atoms with Gasteiger partial charge >= 0.3 is 0 Å². The summed E-state index contributed by atoms with van der Waals surface area (Å²) in [5, 5.41) is 3.21. The molecule has 1 fully saturated rings. The molecular weight excluding hydrogens is 177 g/mol. The molecule has 0 aromatic heterocycles. The number of likely N-dealkylation sites (N-methyl/N-ethyl adjacent to an activating group) is 1. The van der Waals surface area contributed by atoms with Crippen LogP contribution >= 0.6 is 0 Å². The molecule has 1 aliphatic carbocycles. The van der Waals surface area contributed by atoms with Gasteiger partial charge in [0, 0.05) is 6.54 Å². The van der Waals surface area contributed by atoms with E-state index in [0.717, 1.165) is 12.5 Å². The second kappa shape index (κ2) is 4.09. The van der Waals surface area contributed by atoms with Gasteiger partial charge in [-0.1, -0.05) is 12.1 Å². The molecule has 14 heavy (non-hydrogen) atoms. The molecule has 76 valence electrons. The van der Waals surface area contributed by atoms with E-state index in [1.54, 1.807) is 12.1 Å². The standard InChI is InChI=1S/C12H16FN/c1-14-8-12(9-2-3-9)10-4-6-11(13)7-5-10/h4-7,9,12,14H,2-3,8H2,1H3. The van der Waals surface area contributed by atoms with Crippen molar-refractivity contribution in [3.05, 3.63) is 35.6 Å². The first kappa shape index (κ1) is 9.66. The Morgan fingerprint density at radius 3 is 2.50 bits per heavy atom. The smallest absolute Gasteiger partial charge is 0.123 e. The number of halogens is 1. The molecule has 2 heteroatoms. The number of rotatable bonds is 4. The van der Waals surface area contributed by atoms with Crippen molar-refractivity contribution in [1.82, 2.24) is 5.32 Å². The quantitative estimate of drug-likeness (QED) is 0.774. The van der Waals surface area contributed by atoms with Crippen LogP contribution in [0.3, 0.4) is 0 Å². The fourth-order valence-corrected chi connectivity index (χ4v) is 1.99. The van der Waals surface area contributed by atoms with E-state index in [4.69, 9.17) is 0 Å². The Morgan fingerprint density at radius 1 is 1.36 bits per heavy atom.